The number of halogens is 2. The summed E-state index contributed by atoms with van der Waals surface area (Å²) >= 11 is 0. The molecular formula is C55H54Cl2SiZr. The molecule has 2 aliphatic rings. The summed E-state index contributed by atoms with van der Waals surface area (Å²) in [6.07, 6.45) is 5.75. The average molecular weight is 905 g/mol. The Balaban J connectivity index is 0.000000354. The zero-order valence-electron chi connectivity index (χ0n) is 35.5. The van der Waals surface area contributed by atoms with Crippen molar-refractivity contribution >= 4 is 36.7 Å². The van der Waals surface area contributed by atoms with Crippen LogP contribution in [0.1, 0.15) is 106 Å². The monoisotopic (exact) mass is 902 g/mol. The molecule has 0 aliphatic heterocycles. The maximum Gasteiger partial charge on any atom is 3.00 e. The Bertz CT molecular complexity index is 2520. The predicted octanol–water partition coefficient (Wildman–Crippen LogP) is 6.88. The zero-order valence-corrected chi connectivity index (χ0v) is 40.6. The maximum atomic E-state index is 4.08. The molecular weight excluding hydrogens is 851 g/mol. The van der Waals surface area contributed by atoms with Gasteiger partial charge in [0.15, 0.2) is 0 Å². The minimum atomic E-state index is 0. The molecule has 0 bridgehead atoms. The third-order valence-corrected chi connectivity index (χ3v) is 13.1. The SMILES string of the molecule is CCCC1=Cc2c(-c3cccc4ccccc34)cccc2C1c1[c-]c(C(C)(C)C)cc2c1Cc1ccc(C(C)(C)C)cc1-2.[Cl-].[Cl-].[Zr+3].c1ccc([SiH]c2ccccc2)cc1. The van der Waals surface area contributed by atoms with Crippen LogP contribution in [0.5, 0.6) is 0 Å². The second kappa shape index (κ2) is 19.3. The van der Waals surface area contributed by atoms with Crippen LogP contribution in [0.15, 0.2) is 151 Å². The first kappa shape index (κ1) is 46.3. The van der Waals surface area contributed by atoms with Gasteiger partial charge in [-0.3, -0.25) is 0 Å². The van der Waals surface area contributed by atoms with Gasteiger partial charge in [0.2, 0.25) is 0 Å². The van der Waals surface area contributed by atoms with Gasteiger partial charge in [-0.2, -0.15) is 17.7 Å². The molecule has 7 aromatic rings. The van der Waals surface area contributed by atoms with Crippen molar-refractivity contribution in [1.29, 1.82) is 0 Å². The third kappa shape index (κ3) is 9.74. The Kier molecular flexibility index (Phi) is 15.1. The molecule has 0 nitrogen and oxygen atoms in total. The maximum absolute atomic E-state index is 4.08. The second-order valence-electron chi connectivity index (χ2n) is 17.7. The Morgan fingerprint density at radius 2 is 1.22 bits per heavy atom. The summed E-state index contributed by atoms with van der Waals surface area (Å²) in [5, 5.41) is 5.52. The third-order valence-electron chi connectivity index (χ3n) is 11.6. The van der Waals surface area contributed by atoms with Crippen LogP contribution in [0.4, 0.5) is 0 Å². The van der Waals surface area contributed by atoms with Crippen molar-refractivity contribution < 1.29 is 51.0 Å². The van der Waals surface area contributed by atoms with Crippen molar-refractivity contribution in [3.05, 3.63) is 196 Å². The summed E-state index contributed by atoms with van der Waals surface area (Å²) in [5.41, 5.74) is 17.0. The Morgan fingerprint density at radius 3 is 1.86 bits per heavy atom. The molecule has 4 heteroatoms. The van der Waals surface area contributed by atoms with Crippen LogP contribution in [0.2, 0.25) is 0 Å². The van der Waals surface area contributed by atoms with Crippen LogP contribution in [-0.2, 0) is 43.5 Å². The molecule has 0 spiro atoms. The van der Waals surface area contributed by atoms with Gasteiger partial charge in [-0.25, -0.2) is 0 Å². The molecule has 1 unspecified atom stereocenters. The molecule has 0 saturated carbocycles. The second-order valence-corrected chi connectivity index (χ2v) is 19.4. The number of benzene rings is 7. The molecule has 7 aromatic carbocycles. The van der Waals surface area contributed by atoms with E-state index in [2.05, 4.69) is 206 Å². The van der Waals surface area contributed by atoms with Gasteiger partial charge in [0.1, 0.15) is 9.52 Å². The summed E-state index contributed by atoms with van der Waals surface area (Å²) in [7, 11) is 0.271. The van der Waals surface area contributed by atoms with Gasteiger partial charge < -0.3 is 24.8 Å². The van der Waals surface area contributed by atoms with Gasteiger partial charge in [0, 0.05) is 5.92 Å². The van der Waals surface area contributed by atoms with Gasteiger partial charge in [0.05, 0.1) is 0 Å². The summed E-state index contributed by atoms with van der Waals surface area (Å²) in [6.45, 7) is 16.3. The molecule has 0 heterocycles. The van der Waals surface area contributed by atoms with Crippen molar-refractivity contribution in [3.63, 3.8) is 0 Å². The number of hydrogen-bond donors (Lipinski definition) is 0. The fraction of sp³-hybridized carbons (Fsp3) is 0.236. The number of hydrogen-bond acceptors (Lipinski definition) is 0. The largest absolute Gasteiger partial charge is 3.00 e. The van der Waals surface area contributed by atoms with Gasteiger partial charge in [-0.15, -0.1) is 16.7 Å². The van der Waals surface area contributed by atoms with E-state index in [1.165, 1.54) is 87.9 Å². The molecule has 0 fully saturated rings. The van der Waals surface area contributed by atoms with Crippen molar-refractivity contribution in [2.45, 2.75) is 84.5 Å². The normalized spacial score (nSPS) is 13.7. The van der Waals surface area contributed by atoms with Gasteiger partial charge in [-0.1, -0.05) is 216 Å². The van der Waals surface area contributed by atoms with E-state index < -0.39 is 0 Å². The molecule has 0 N–H and O–H groups in total. The molecule has 59 heavy (non-hydrogen) atoms. The number of rotatable bonds is 6. The van der Waals surface area contributed by atoms with Crippen LogP contribution in [0.25, 0.3) is 39.1 Å². The summed E-state index contributed by atoms with van der Waals surface area (Å²) in [4.78, 5) is 0. The van der Waals surface area contributed by atoms with E-state index >= 15 is 0 Å². The summed E-state index contributed by atoms with van der Waals surface area (Å²) < 4.78 is 0. The van der Waals surface area contributed by atoms with E-state index in [9.17, 15) is 0 Å². The van der Waals surface area contributed by atoms with Gasteiger partial charge >= 0.3 is 26.2 Å². The molecule has 2 aliphatic carbocycles. The van der Waals surface area contributed by atoms with Crippen molar-refractivity contribution in [3.8, 4) is 22.3 Å². The van der Waals surface area contributed by atoms with Crippen molar-refractivity contribution in [1.82, 2.24) is 0 Å². The number of fused-ring (bicyclic) bond motifs is 5. The standard InChI is InChI=1S/C43H43.C12H11Si.2ClH.Zr/c1-8-13-29-23-37-34(33-17-11-15-27-14-9-10-16-32(27)33)18-12-19-35(37)41(29)40-26-31(43(5,6)7)25-39-36-24-30(42(2,3)4)21-20-28(36)22-38(39)40;1-3-7-11(8-4-1)13-12-9-5-2-6-10-12;;;/h9-12,14-21,23-25,41H,8,13,22H2,1-7H3;1-10,13H;2*1H;/q-1;;;;+3/p-2. The smallest absolute Gasteiger partial charge is 1.00 e. The van der Waals surface area contributed by atoms with Crippen LogP contribution in [0.3, 0.4) is 0 Å². The molecule has 1 atom stereocenters. The van der Waals surface area contributed by atoms with Crippen LogP contribution >= 0.6 is 0 Å². The molecule has 0 amide bonds. The quantitative estimate of drug-likeness (QED) is 0.126. The summed E-state index contributed by atoms with van der Waals surface area (Å²) in [5.74, 6) is 0.234. The van der Waals surface area contributed by atoms with E-state index in [-0.39, 0.29) is 77.3 Å². The Hall–Kier alpha value is -3.78. The molecule has 2 radical (unpaired) electrons. The van der Waals surface area contributed by atoms with Gasteiger partial charge in [0.25, 0.3) is 0 Å². The first-order chi connectivity index (χ1) is 27.0. The van der Waals surface area contributed by atoms with E-state index in [1.807, 2.05) is 0 Å². The summed E-state index contributed by atoms with van der Waals surface area (Å²) in [6, 6.07) is 57.6. The zero-order chi connectivity index (χ0) is 39.0. The minimum Gasteiger partial charge on any atom is -1.00 e. The van der Waals surface area contributed by atoms with Crippen LogP contribution in [0, 0.1) is 6.07 Å². The van der Waals surface area contributed by atoms with Crippen molar-refractivity contribution in [2.75, 3.05) is 0 Å². The average Bonchev–Trinajstić information content (AvgIpc) is 3.76. The van der Waals surface area contributed by atoms with Crippen LogP contribution < -0.4 is 35.2 Å². The Labute approximate surface area is 387 Å². The van der Waals surface area contributed by atoms with Crippen molar-refractivity contribution in [2.24, 2.45) is 0 Å². The molecule has 0 saturated heterocycles. The topological polar surface area (TPSA) is 0 Å². The van der Waals surface area contributed by atoms with Gasteiger partial charge in [-0.05, 0) is 73.4 Å². The fourth-order valence-corrected chi connectivity index (χ4v) is 9.86. The van der Waals surface area contributed by atoms with E-state index in [0.717, 1.165) is 19.3 Å². The fourth-order valence-electron chi connectivity index (χ4n) is 8.65. The van der Waals surface area contributed by atoms with Crippen LogP contribution in [-0.4, -0.2) is 9.52 Å². The van der Waals surface area contributed by atoms with E-state index in [1.54, 1.807) is 0 Å². The predicted molar refractivity (Wildman–Crippen MR) is 244 cm³/mol. The first-order valence-corrected chi connectivity index (χ1v) is 21.6. The molecule has 9 rings (SSSR count). The number of allylic oxidation sites excluding steroid dienone is 1. The molecule has 296 valence electrons. The minimum absolute atomic E-state index is 0. The van der Waals surface area contributed by atoms with E-state index in [0.29, 0.717) is 0 Å². The first-order valence-electron chi connectivity index (χ1n) is 20.5. The Morgan fingerprint density at radius 1 is 0.610 bits per heavy atom. The van der Waals surface area contributed by atoms with E-state index in [4.69, 9.17) is 0 Å². The molecule has 0 aromatic heterocycles.